The van der Waals surface area contributed by atoms with Crippen LogP contribution in [-0.2, 0) is 11.3 Å². The van der Waals surface area contributed by atoms with Crippen LogP contribution in [0, 0.1) is 16.7 Å². The minimum Gasteiger partial charge on any atom is -0.338 e. The lowest BCUT2D eigenvalue weighted by atomic mass is 9.74. The van der Waals surface area contributed by atoms with Gasteiger partial charge in [-0.3, -0.25) is 9.78 Å². The van der Waals surface area contributed by atoms with Crippen LogP contribution in [-0.4, -0.2) is 22.8 Å². The molecular weight excluding hydrogens is 238 g/mol. The van der Waals surface area contributed by atoms with E-state index in [0.717, 1.165) is 25.0 Å². The number of pyridine rings is 1. The van der Waals surface area contributed by atoms with Gasteiger partial charge in [0.25, 0.3) is 0 Å². The van der Waals surface area contributed by atoms with E-state index in [1.165, 1.54) is 0 Å². The largest absolute Gasteiger partial charge is 0.338 e. The molecule has 1 aromatic rings. The van der Waals surface area contributed by atoms with Gasteiger partial charge in [0.15, 0.2) is 0 Å². The predicted molar refractivity (Wildman–Crippen MR) is 71.8 cm³/mol. The fourth-order valence-electron chi connectivity index (χ4n) is 2.70. The zero-order chi connectivity index (χ0) is 13.7. The zero-order valence-electron chi connectivity index (χ0n) is 11.3. The molecule has 0 N–H and O–H groups in total. The van der Waals surface area contributed by atoms with Gasteiger partial charge in [0.05, 0.1) is 18.3 Å². The van der Waals surface area contributed by atoms with E-state index in [1.54, 1.807) is 18.1 Å². The summed E-state index contributed by atoms with van der Waals surface area (Å²) in [6.45, 7) is 0.461. The van der Waals surface area contributed by atoms with Gasteiger partial charge in [-0.25, -0.2) is 0 Å². The maximum Gasteiger partial charge on any atom is 0.243 e. The number of amides is 1. The van der Waals surface area contributed by atoms with Crippen LogP contribution in [0.1, 0.15) is 37.8 Å². The maximum absolute atomic E-state index is 12.5. The first-order chi connectivity index (χ1) is 9.18. The van der Waals surface area contributed by atoms with Gasteiger partial charge < -0.3 is 4.90 Å². The Hall–Kier alpha value is -1.89. The number of hydrogen-bond acceptors (Lipinski definition) is 3. The van der Waals surface area contributed by atoms with E-state index in [-0.39, 0.29) is 5.91 Å². The van der Waals surface area contributed by atoms with Crippen molar-refractivity contribution in [3.8, 4) is 6.07 Å². The van der Waals surface area contributed by atoms with E-state index in [2.05, 4.69) is 11.1 Å². The Morgan fingerprint density at radius 3 is 2.74 bits per heavy atom. The minimum atomic E-state index is -0.804. The maximum atomic E-state index is 12.5. The molecule has 4 heteroatoms. The van der Waals surface area contributed by atoms with E-state index in [9.17, 15) is 10.1 Å². The summed E-state index contributed by atoms with van der Waals surface area (Å²) in [5.41, 5.74) is 0.0455. The predicted octanol–water partition coefficient (Wildman–Crippen LogP) is 2.51. The first-order valence-corrected chi connectivity index (χ1v) is 6.75. The van der Waals surface area contributed by atoms with Gasteiger partial charge in [0.2, 0.25) is 5.91 Å². The average Bonchev–Trinajstić information content (AvgIpc) is 2.48. The highest BCUT2D eigenvalue weighted by atomic mass is 16.2. The van der Waals surface area contributed by atoms with Gasteiger partial charge >= 0.3 is 0 Å². The van der Waals surface area contributed by atoms with Crippen molar-refractivity contribution in [2.75, 3.05) is 7.05 Å². The molecule has 0 atom stereocenters. The molecule has 1 aliphatic rings. The van der Waals surface area contributed by atoms with E-state index in [1.807, 2.05) is 18.2 Å². The van der Waals surface area contributed by atoms with Crippen molar-refractivity contribution in [3.05, 3.63) is 30.1 Å². The topological polar surface area (TPSA) is 57.0 Å². The second-order valence-electron chi connectivity index (χ2n) is 5.24. The van der Waals surface area contributed by atoms with Crippen molar-refractivity contribution >= 4 is 5.91 Å². The summed E-state index contributed by atoms with van der Waals surface area (Å²) in [4.78, 5) is 18.4. The molecule has 1 aliphatic carbocycles. The molecular formula is C15H19N3O. The van der Waals surface area contributed by atoms with Crippen molar-refractivity contribution in [2.24, 2.45) is 5.41 Å². The van der Waals surface area contributed by atoms with Gasteiger partial charge in [0, 0.05) is 13.2 Å². The average molecular weight is 257 g/mol. The zero-order valence-corrected chi connectivity index (χ0v) is 11.3. The lowest BCUT2D eigenvalue weighted by Crippen LogP contribution is -2.42. The lowest BCUT2D eigenvalue weighted by molar-refractivity contribution is -0.139. The third kappa shape index (κ3) is 2.93. The summed E-state index contributed by atoms with van der Waals surface area (Å²) >= 11 is 0. The van der Waals surface area contributed by atoms with Crippen molar-refractivity contribution in [1.29, 1.82) is 5.26 Å². The summed E-state index contributed by atoms with van der Waals surface area (Å²) < 4.78 is 0. The summed E-state index contributed by atoms with van der Waals surface area (Å²) in [6, 6.07) is 7.92. The van der Waals surface area contributed by atoms with Gasteiger partial charge in [0.1, 0.15) is 5.41 Å². The molecule has 19 heavy (non-hydrogen) atoms. The standard InChI is InChI=1S/C15H19N3O/c1-18(11-13-7-3-6-10-17-13)14(19)15(12-16)8-4-2-5-9-15/h3,6-7,10H,2,4-5,8-9,11H2,1H3. The van der Waals surface area contributed by atoms with Crippen LogP contribution in [0.2, 0.25) is 0 Å². The van der Waals surface area contributed by atoms with Crippen molar-refractivity contribution in [2.45, 2.75) is 38.6 Å². The SMILES string of the molecule is CN(Cc1ccccn1)C(=O)C1(C#N)CCCCC1. The second-order valence-corrected chi connectivity index (χ2v) is 5.24. The highest BCUT2D eigenvalue weighted by Gasteiger charge is 2.41. The van der Waals surface area contributed by atoms with Crippen LogP contribution in [0.4, 0.5) is 0 Å². The minimum absolute atomic E-state index is 0.0552. The Bertz CT molecular complexity index is 472. The molecule has 1 heterocycles. The molecule has 2 rings (SSSR count). The molecule has 100 valence electrons. The van der Waals surface area contributed by atoms with Gasteiger partial charge in [-0.2, -0.15) is 5.26 Å². The molecule has 1 fully saturated rings. The third-order valence-electron chi connectivity index (χ3n) is 3.80. The number of nitriles is 1. The summed E-state index contributed by atoms with van der Waals surface area (Å²) in [5, 5.41) is 9.41. The number of hydrogen-bond donors (Lipinski definition) is 0. The Kier molecular flexibility index (Phi) is 4.16. The summed E-state index contributed by atoms with van der Waals surface area (Å²) in [6.07, 6.45) is 6.16. The highest BCUT2D eigenvalue weighted by Crippen LogP contribution is 2.37. The summed E-state index contributed by atoms with van der Waals surface area (Å²) in [7, 11) is 1.75. The van der Waals surface area contributed by atoms with Gasteiger partial charge in [-0.15, -0.1) is 0 Å². The molecule has 1 aromatic heterocycles. The molecule has 1 amide bonds. The Balaban J connectivity index is 2.08. The second kappa shape index (κ2) is 5.83. The fourth-order valence-corrected chi connectivity index (χ4v) is 2.70. The third-order valence-corrected chi connectivity index (χ3v) is 3.80. The van der Waals surface area contributed by atoms with E-state index >= 15 is 0 Å². The number of rotatable bonds is 3. The molecule has 0 radical (unpaired) electrons. The van der Waals surface area contributed by atoms with Crippen LogP contribution in [0.3, 0.4) is 0 Å². The monoisotopic (exact) mass is 257 g/mol. The van der Waals surface area contributed by atoms with Crippen molar-refractivity contribution in [3.63, 3.8) is 0 Å². The van der Waals surface area contributed by atoms with E-state index in [0.29, 0.717) is 19.4 Å². The summed E-state index contributed by atoms with van der Waals surface area (Å²) in [5.74, 6) is -0.0552. The quantitative estimate of drug-likeness (QED) is 0.836. The fraction of sp³-hybridized carbons (Fsp3) is 0.533. The first kappa shape index (κ1) is 13.5. The van der Waals surface area contributed by atoms with Crippen LogP contribution < -0.4 is 0 Å². The number of carbonyl (C=O) groups excluding carboxylic acids is 1. The van der Waals surface area contributed by atoms with E-state index < -0.39 is 5.41 Å². The Morgan fingerprint density at radius 1 is 1.42 bits per heavy atom. The van der Waals surface area contributed by atoms with Crippen molar-refractivity contribution in [1.82, 2.24) is 9.88 Å². The molecule has 1 saturated carbocycles. The lowest BCUT2D eigenvalue weighted by Gasteiger charge is -2.33. The molecule has 0 spiro atoms. The molecule has 0 bridgehead atoms. The number of nitrogens with zero attached hydrogens (tertiary/aromatic N) is 3. The van der Waals surface area contributed by atoms with Crippen LogP contribution >= 0.6 is 0 Å². The molecule has 4 nitrogen and oxygen atoms in total. The first-order valence-electron chi connectivity index (χ1n) is 6.75. The van der Waals surface area contributed by atoms with E-state index in [4.69, 9.17) is 0 Å². The molecule has 0 saturated heterocycles. The Morgan fingerprint density at radius 2 is 2.16 bits per heavy atom. The smallest absolute Gasteiger partial charge is 0.243 e. The van der Waals surface area contributed by atoms with Crippen LogP contribution in [0.25, 0.3) is 0 Å². The Labute approximate surface area is 114 Å². The molecule has 0 aliphatic heterocycles. The highest BCUT2D eigenvalue weighted by molar-refractivity contribution is 5.85. The molecule has 0 unspecified atom stereocenters. The van der Waals surface area contributed by atoms with Crippen molar-refractivity contribution < 1.29 is 4.79 Å². The normalized spacial score (nSPS) is 17.5. The van der Waals surface area contributed by atoms with Gasteiger partial charge in [-0.05, 0) is 25.0 Å². The molecule has 0 aromatic carbocycles. The van der Waals surface area contributed by atoms with Crippen LogP contribution in [0.15, 0.2) is 24.4 Å². The number of carbonyl (C=O) groups is 1. The van der Waals surface area contributed by atoms with Crippen LogP contribution in [0.5, 0.6) is 0 Å². The van der Waals surface area contributed by atoms with Gasteiger partial charge in [-0.1, -0.05) is 25.3 Å². The number of aromatic nitrogens is 1.